The maximum absolute atomic E-state index is 7.98. The van der Waals surface area contributed by atoms with Crippen molar-refractivity contribution >= 4 is 57.3 Å². The van der Waals surface area contributed by atoms with Crippen molar-refractivity contribution in [3.63, 3.8) is 0 Å². The molecule has 5 aromatic heterocycles. The molecule has 0 aliphatic heterocycles. The summed E-state index contributed by atoms with van der Waals surface area (Å²) < 4.78 is 83.0. The summed E-state index contributed by atoms with van der Waals surface area (Å²) >= 11 is 0. The molecule has 1 radical (unpaired) electrons. The summed E-state index contributed by atoms with van der Waals surface area (Å²) in [5.41, 5.74) is 2.62. The molecule has 0 unspecified atom stereocenters. The first-order valence-electron chi connectivity index (χ1n) is 18.9. The van der Waals surface area contributed by atoms with Crippen molar-refractivity contribution in [2.24, 2.45) is 0 Å². The topological polar surface area (TPSA) is 65.0 Å². The summed E-state index contributed by atoms with van der Waals surface area (Å²) in [6.45, 7) is -1.16. The van der Waals surface area contributed by atoms with Crippen molar-refractivity contribution in [1.29, 1.82) is 0 Å². The van der Waals surface area contributed by atoms with Crippen LogP contribution in [0.5, 0.6) is 0 Å². The molecule has 0 bridgehead atoms. The average Bonchev–Trinajstić information content (AvgIpc) is 3.69. The Morgan fingerprint density at radius 3 is 2.28 bits per heavy atom. The Balaban J connectivity index is 0.000000254. The minimum atomic E-state index is -2.77. The normalized spacial score (nSPS) is 15.2. The Bertz CT molecular complexity index is 2660. The van der Waals surface area contributed by atoms with Crippen molar-refractivity contribution in [2.45, 2.75) is 40.2 Å². The third-order valence-electron chi connectivity index (χ3n) is 7.64. The molecule has 0 amide bonds. The van der Waals surface area contributed by atoms with E-state index < -0.39 is 39.8 Å². The summed E-state index contributed by atoms with van der Waals surface area (Å²) in [6, 6.07) is 30.3. The Kier molecular flexibility index (Phi) is 5.98. The van der Waals surface area contributed by atoms with Crippen LogP contribution in [0.25, 0.3) is 66.5 Å². The predicted molar refractivity (Wildman–Crippen MR) is 187 cm³/mol. The number of hydrogen-bond donors (Lipinski definition) is 0. The van der Waals surface area contributed by atoms with Crippen molar-refractivity contribution in [3.05, 3.63) is 120 Å². The molecule has 0 saturated heterocycles. The number of hydrogen-bond acceptors (Lipinski definition) is 5. The van der Waals surface area contributed by atoms with E-state index in [2.05, 4.69) is 58.9 Å². The zero-order valence-corrected chi connectivity index (χ0v) is 28.5. The van der Waals surface area contributed by atoms with Crippen LogP contribution in [0.4, 0.5) is 0 Å². The minimum absolute atomic E-state index is 0. The van der Waals surface area contributed by atoms with Crippen LogP contribution >= 0.6 is 0 Å². The number of fused-ring (bicyclic) bond motifs is 7. The fraction of sp³-hybridized carbons (Fsp3) is 0.154. The minimum Gasteiger partial charge on any atom is -0.513 e. The number of nitrogens with zero attached hydrogens (tertiary/aromatic N) is 3. The van der Waals surface area contributed by atoms with Gasteiger partial charge in [0, 0.05) is 55.6 Å². The molecule has 3 aromatic carbocycles. The molecule has 0 aliphatic carbocycles. The molecule has 0 spiro atoms. The second-order valence-corrected chi connectivity index (χ2v) is 16.8. The van der Waals surface area contributed by atoms with Gasteiger partial charge in [-0.1, -0.05) is 61.6 Å². The molecule has 231 valence electrons. The standard InChI is InChI=1S/C25H17N2O2.C14H16NSi.Ir/c1-13-10-19(26-12-14(13)2)18-11-15(3)27-23-22-21(29-25(18)23)9-8-17-16-6-4-5-7-20(16)28-24(17)22;1-16(2,3)13-9-10-14(15-11-13)12-7-5-4-6-8-12;/h4-10,12H,1-3H3;4-7,9-11H,1-3H3;/q2*-1;/i1D3,2D3,3D3;;. The molecular formula is C39H33IrN3O2Si-2. The third kappa shape index (κ3) is 5.82. The maximum Gasteiger partial charge on any atom is 0.147 e. The molecule has 7 heteroatoms. The van der Waals surface area contributed by atoms with Crippen LogP contribution in [0.3, 0.4) is 0 Å². The van der Waals surface area contributed by atoms with E-state index in [9.17, 15) is 0 Å². The first-order valence-corrected chi connectivity index (χ1v) is 17.9. The summed E-state index contributed by atoms with van der Waals surface area (Å²) in [5.74, 6) is 0. The smallest absolute Gasteiger partial charge is 0.147 e. The molecule has 5 nitrogen and oxygen atoms in total. The molecular weight excluding hydrogens is 763 g/mol. The van der Waals surface area contributed by atoms with Crippen molar-refractivity contribution in [1.82, 2.24) is 15.0 Å². The van der Waals surface area contributed by atoms with E-state index in [1.165, 1.54) is 5.19 Å². The van der Waals surface area contributed by atoms with Gasteiger partial charge in [0.25, 0.3) is 0 Å². The maximum atomic E-state index is 7.98. The zero-order chi connectivity index (χ0) is 38.8. The van der Waals surface area contributed by atoms with E-state index >= 15 is 0 Å². The molecule has 0 aliphatic rings. The number of para-hydroxylation sites is 1. The molecule has 8 aromatic rings. The van der Waals surface area contributed by atoms with Crippen molar-refractivity contribution in [2.75, 3.05) is 0 Å². The summed E-state index contributed by atoms with van der Waals surface area (Å²) in [6.07, 6.45) is 2.99. The predicted octanol–water partition coefficient (Wildman–Crippen LogP) is 9.76. The van der Waals surface area contributed by atoms with Gasteiger partial charge in [-0.2, -0.15) is 0 Å². The van der Waals surface area contributed by atoms with Crippen LogP contribution in [0.1, 0.15) is 29.2 Å². The first kappa shape index (κ1) is 22.2. The van der Waals surface area contributed by atoms with Gasteiger partial charge in [0.2, 0.25) is 0 Å². The molecule has 5 heterocycles. The molecule has 0 fully saturated rings. The molecule has 0 atom stereocenters. The van der Waals surface area contributed by atoms with E-state index in [1.54, 1.807) is 6.07 Å². The van der Waals surface area contributed by atoms with Crippen LogP contribution in [-0.2, 0) is 20.1 Å². The van der Waals surface area contributed by atoms with Gasteiger partial charge in [-0.3, -0.25) is 4.98 Å². The van der Waals surface area contributed by atoms with Crippen LogP contribution < -0.4 is 5.19 Å². The van der Waals surface area contributed by atoms with Gasteiger partial charge in [0.05, 0.1) is 24.6 Å². The average molecular weight is 805 g/mol. The Hall–Kier alpha value is -4.42. The van der Waals surface area contributed by atoms with E-state index in [-0.39, 0.29) is 48.2 Å². The largest absolute Gasteiger partial charge is 0.513 e. The second kappa shape index (κ2) is 12.4. The number of rotatable bonds is 3. The number of aromatic nitrogens is 3. The second-order valence-electron chi connectivity index (χ2n) is 11.7. The molecule has 0 saturated carbocycles. The van der Waals surface area contributed by atoms with Gasteiger partial charge < -0.3 is 18.8 Å². The van der Waals surface area contributed by atoms with E-state index in [0.29, 0.717) is 22.1 Å². The Labute approximate surface area is 295 Å². The van der Waals surface area contributed by atoms with E-state index in [1.807, 2.05) is 60.8 Å². The van der Waals surface area contributed by atoms with E-state index in [4.69, 9.17) is 21.2 Å². The van der Waals surface area contributed by atoms with Gasteiger partial charge in [0.15, 0.2) is 0 Å². The van der Waals surface area contributed by atoms with Crippen molar-refractivity contribution in [3.8, 4) is 22.5 Å². The van der Waals surface area contributed by atoms with Crippen LogP contribution in [0.2, 0.25) is 19.6 Å². The summed E-state index contributed by atoms with van der Waals surface area (Å²) in [4.78, 5) is 13.1. The van der Waals surface area contributed by atoms with Gasteiger partial charge in [0.1, 0.15) is 16.7 Å². The molecule has 46 heavy (non-hydrogen) atoms. The number of benzene rings is 3. The quantitative estimate of drug-likeness (QED) is 0.132. The van der Waals surface area contributed by atoms with Crippen molar-refractivity contribution < 1.29 is 41.3 Å². The van der Waals surface area contributed by atoms with E-state index in [0.717, 1.165) is 34.3 Å². The SMILES string of the molecule is C[Si](C)(C)c1ccc(-c2[c-]cccc2)nc1.[2H]C([2H])([2H])c1[c-]c(-c2cc(C([2H])([2H])[2H])c(C([2H])([2H])[2H])cn2)c2oc3ccc4c5ccccc5oc4c3c2n1.[Ir]. The summed E-state index contributed by atoms with van der Waals surface area (Å²) in [7, 11) is -1.23. The van der Waals surface area contributed by atoms with Crippen LogP contribution in [-0.4, -0.2) is 23.0 Å². The Morgan fingerprint density at radius 1 is 0.739 bits per heavy atom. The Morgan fingerprint density at radius 2 is 1.54 bits per heavy atom. The van der Waals surface area contributed by atoms with Gasteiger partial charge in [-0.25, -0.2) is 0 Å². The number of furan rings is 2. The fourth-order valence-electron chi connectivity index (χ4n) is 5.26. The van der Waals surface area contributed by atoms with Gasteiger partial charge in [-0.15, -0.1) is 47.5 Å². The fourth-order valence-corrected chi connectivity index (χ4v) is 6.30. The van der Waals surface area contributed by atoms with Crippen LogP contribution in [0.15, 0.2) is 100 Å². The molecule has 0 N–H and O–H groups in total. The number of aryl methyl sites for hydroxylation is 3. The number of pyridine rings is 3. The zero-order valence-electron chi connectivity index (χ0n) is 34.2. The third-order valence-corrected chi connectivity index (χ3v) is 9.67. The van der Waals surface area contributed by atoms with Crippen LogP contribution in [0, 0.1) is 32.7 Å². The summed E-state index contributed by atoms with van der Waals surface area (Å²) in [5, 5.41) is 3.49. The monoisotopic (exact) mass is 805 g/mol. The molecule has 8 rings (SSSR count). The van der Waals surface area contributed by atoms with Gasteiger partial charge in [-0.05, 0) is 66.6 Å². The first-order chi connectivity index (χ1) is 25.3. The van der Waals surface area contributed by atoms with Gasteiger partial charge >= 0.3 is 0 Å².